The summed E-state index contributed by atoms with van der Waals surface area (Å²) in [6, 6.07) is 12.9. The number of nitrogens with one attached hydrogen (secondary N) is 3. The van der Waals surface area contributed by atoms with Gasteiger partial charge in [0.1, 0.15) is 27.2 Å². The highest BCUT2D eigenvalue weighted by atomic mass is 79.9. The molecule has 1 fully saturated rings. The molecule has 256 valence electrons. The van der Waals surface area contributed by atoms with Crippen LogP contribution in [-0.4, -0.2) is 58.1 Å². The van der Waals surface area contributed by atoms with Crippen LogP contribution in [0.4, 0.5) is 28.1 Å². The fourth-order valence-electron chi connectivity index (χ4n) is 4.84. The van der Waals surface area contributed by atoms with Crippen LogP contribution < -0.4 is 20.9 Å². The normalized spacial score (nSPS) is 12.6. The third kappa shape index (κ3) is 9.32. The zero-order chi connectivity index (χ0) is 35.2. The Morgan fingerprint density at radius 2 is 1.35 bits per heavy atom. The number of halogens is 3. The predicted octanol–water partition coefficient (Wildman–Crippen LogP) is 8.77. The first-order chi connectivity index (χ1) is 23.4. The Morgan fingerprint density at radius 1 is 0.796 bits per heavy atom. The minimum Gasteiger partial charge on any atom is -0.378 e. The summed E-state index contributed by atoms with van der Waals surface area (Å²) in [6.45, 7) is 12.2. The first kappa shape index (κ1) is 36.6. The van der Waals surface area contributed by atoms with Crippen LogP contribution in [-0.2, 0) is 4.74 Å². The monoisotopic (exact) mass is 802 g/mol. The van der Waals surface area contributed by atoms with Crippen molar-refractivity contribution in [2.24, 2.45) is 0 Å². The zero-order valence-corrected chi connectivity index (χ0v) is 32.0. The second kappa shape index (κ2) is 16.4. The first-order valence-electron chi connectivity index (χ1n) is 15.1. The topological polar surface area (TPSA) is 134 Å². The molecule has 4 heterocycles. The maximum atomic E-state index is 12.8. The number of hydrogen-bond donors (Lipinski definition) is 3. The van der Waals surface area contributed by atoms with E-state index in [1.807, 2.05) is 51.1 Å². The number of morpholine rings is 1. The van der Waals surface area contributed by atoms with E-state index in [0.717, 1.165) is 30.0 Å². The van der Waals surface area contributed by atoms with Gasteiger partial charge in [0.2, 0.25) is 0 Å². The Hall–Kier alpha value is -3.66. The van der Waals surface area contributed by atoms with Crippen molar-refractivity contribution in [2.45, 2.75) is 34.6 Å². The number of benzene rings is 2. The van der Waals surface area contributed by atoms with E-state index in [4.69, 9.17) is 27.9 Å². The highest BCUT2D eigenvalue weighted by Crippen LogP contribution is 2.31. The van der Waals surface area contributed by atoms with Crippen molar-refractivity contribution in [1.82, 2.24) is 19.9 Å². The number of aromatic nitrogens is 4. The largest absolute Gasteiger partial charge is 0.378 e. The summed E-state index contributed by atoms with van der Waals surface area (Å²) in [4.78, 5) is 45.9. The van der Waals surface area contributed by atoms with Gasteiger partial charge in [0.25, 0.3) is 11.8 Å². The number of anilines is 5. The molecule has 1 aliphatic rings. The van der Waals surface area contributed by atoms with Crippen molar-refractivity contribution < 1.29 is 14.3 Å². The lowest BCUT2D eigenvalue weighted by molar-refractivity contribution is 0.102. The fourth-order valence-corrected chi connectivity index (χ4v) is 7.68. The summed E-state index contributed by atoms with van der Waals surface area (Å²) < 4.78 is 6.11. The Balaban J connectivity index is 0.000000221. The maximum absolute atomic E-state index is 12.8. The molecule has 1 saturated heterocycles. The number of nitrogens with zero attached hydrogens (tertiary/aromatic N) is 5. The van der Waals surface area contributed by atoms with Crippen LogP contribution in [0.3, 0.4) is 0 Å². The van der Waals surface area contributed by atoms with Gasteiger partial charge < -0.3 is 25.6 Å². The number of aryl methyl sites for hydroxylation is 5. The van der Waals surface area contributed by atoms with Crippen LogP contribution in [0.2, 0.25) is 10.0 Å². The molecule has 2 aromatic carbocycles. The quantitative estimate of drug-likeness (QED) is 0.148. The first-order valence-corrected chi connectivity index (χ1v) is 18.3. The summed E-state index contributed by atoms with van der Waals surface area (Å²) in [6.07, 6.45) is 0. The highest BCUT2D eigenvalue weighted by molar-refractivity contribution is 9.11. The van der Waals surface area contributed by atoms with Gasteiger partial charge in [-0.1, -0.05) is 58.8 Å². The Kier molecular flexibility index (Phi) is 12.2. The standard InChI is InChI=1S/C21H23ClN6O2S.C12H10BrClN2OS/c1-12-5-4-6-15(22)18(12)27-20(29)19-13(2)23-21(31-19)26-16-11-17(25-14(3)24-16)28-7-9-30-10-8-28;1-6-4-3-5-8(14)9(6)16-11(17)10-7(2)15-12(13)18-10/h4-6,11H,7-10H2,1-3H3,(H,27,29)(H,23,24,25,26);3-5H,1-2H3,(H,16,17). The Bertz CT molecular complexity index is 1960. The van der Waals surface area contributed by atoms with Gasteiger partial charge >= 0.3 is 0 Å². The molecule has 0 bridgehead atoms. The summed E-state index contributed by atoms with van der Waals surface area (Å²) in [5, 5.41) is 10.6. The SMILES string of the molecule is Cc1cccc(Cl)c1NC(=O)c1sc(Br)nc1C.Cc1nc(Nc2nc(C)c(C(=O)Nc3c(C)cccc3Cl)s2)cc(N2CCOCC2)n1. The number of para-hydroxylation sites is 2. The van der Waals surface area contributed by atoms with Crippen LogP contribution in [0.5, 0.6) is 0 Å². The highest BCUT2D eigenvalue weighted by Gasteiger charge is 2.20. The van der Waals surface area contributed by atoms with Crippen molar-refractivity contribution in [2.75, 3.05) is 47.2 Å². The van der Waals surface area contributed by atoms with Gasteiger partial charge in [-0.25, -0.2) is 19.9 Å². The Morgan fingerprint density at radius 3 is 1.88 bits per heavy atom. The molecule has 3 N–H and O–H groups in total. The van der Waals surface area contributed by atoms with E-state index >= 15 is 0 Å². The van der Waals surface area contributed by atoms with E-state index in [-0.39, 0.29) is 11.8 Å². The third-order valence-electron chi connectivity index (χ3n) is 7.30. The van der Waals surface area contributed by atoms with Gasteiger partial charge in [-0.05, 0) is 73.8 Å². The molecule has 1 aliphatic heterocycles. The van der Waals surface area contributed by atoms with E-state index in [9.17, 15) is 9.59 Å². The summed E-state index contributed by atoms with van der Waals surface area (Å²) >= 11 is 18.2. The lowest BCUT2D eigenvalue weighted by Gasteiger charge is -2.28. The van der Waals surface area contributed by atoms with Crippen LogP contribution >= 0.6 is 61.8 Å². The second-order valence-corrected chi connectivity index (χ2v) is 15.1. The lowest BCUT2D eigenvalue weighted by Crippen LogP contribution is -2.36. The zero-order valence-electron chi connectivity index (χ0n) is 27.3. The molecule has 0 radical (unpaired) electrons. The van der Waals surface area contributed by atoms with Crippen molar-refractivity contribution in [3.8, 4) is 0 Å². The molecule has 3 aromatic heterocycles. The van der Waals surface area contributed by atoms with Crippen LogP contribution in [0.1, 0.15) is 47.7 Å². The summed E-state index contributed by atoms with van der Waals surface area (Å²) in [5.74, 6) is 1.71. The average molecular weight is 805 g/mol. The molecule has 5 aromatic rings. The predicted molar refractivity (Wildman–Crippen MR) is 203 cm³/mol. The minimum atomic E-state index is -0.243. The van der Waals surface area contributed by atoms with Crippen molar-refractivity contribution in [3.05, 3.63) is 94.5 Å². The van der Waals surface area contributed by atoms with Crippen molar-refractivity contribution in [1.29, 1.82) is 0 Å². The molecule has 11 nitrogen and oxygen atoms in total. The molecular weight excluding hydrogens is 771 g/mol. The summed E-state index contributed by atoms with van der Waals surface area (Å²) in [7, 11) is 0. The van der Waals surface area contributed by atoms with E-state index < -0.39 is 0 Å². The molecule has 6 rings (SSSR count). The van der Waals surface area contributed by atoms with Gasteiger partial charge in [0, 0.05) is 19.2 Å². The van der Waals surface area contributed by atoms with Gasteiger partial charge in [-0.2, -0.15) is 0 Å². The number of carbonyl (C=O) groups excluding carboxylic acids is 2. The Labute approximate surface area is 310 Å². The van der Waals surface area contributed by atoms with E-state index in [1.165, 1.54) is 22.7 Å². The molecule has 2 amide bonds. The number of rotatable bonds is 7. The van der Waals surface area contributed by atoms with E-state index in [0.29, 0.717) is 76.5 Å². The third-order valence-corrected chi connectivity index (χ3v) is 10.6. The van der Waals surface area contributed by atoms with Crippen LogP contribution in [0.25, 0.3) is 0 Å². The molecule has 0 unspecified atom stereocenters. The van der Waals surface area contributed by atoms with E-state index in [2.05, 4.69) is 56.7 Å². The number of hydrogen-bond acceptors (Lipinski definition) is 11. The fraction of sp³-hybridized carbons (Fsp3) is 0.273. The maximum Gasteiger partial charge on any atom is 0.267 e. The number of ether oxygens (including phenoxy) is 1. The lowest BCUT2D eigenvalue weighted by atomic mass is 10.2. The number of thiazole rings is 2. The molecule has 16 heteroatoms. The number of carbonyl (C=O) groups is 2. The van der Waals surface area contributed by atoms with Gasteiger partial charge in [-0.15, -0.1) is 11.3 Å². The molecule has 0 aliphatic carbocycles. The molecule has 0 atom stereocenters. The molecule has 49 heavy (non-hydrogen) atoms. The van der Waals surface area contributed by atoms with Crippen LogP contribution in [0.15, 0.2) is 46.4 Å². The van der Waals surface area contributed by atoms with E-state index in [1.54, 1.807) is 26.0 Å². The minimum absolute atomic E-state index is 0.188. The van der Waals surface area contributed by atoms with Crippen LogP contribution in [0, 0.1) is 34.6 Å². The van der Waals surface area contributed by atoms with Crippen molar-refractivity contribution >= 4 is 102 Å². The smallest absolute Gasteiger partial charge is 0.267 e. The second-order valence-electron chi connectivity index (χ2n) is 11.0. The van der Waals surface area contributed by atoms with Gasteiger partial charge in [0.15, 0.2) is 9.05 Å². The molecular formula is C33H33BrCl2N8O3S2. The average Bonchev–Trinajstić information content (AvgIpc) is 3.60. The molecule has 0 spiro atoms. The van der Waals surface area contributed by atoms with Gasteiger partial charge in [0.05, 0.1) is 46.0 Å². The van der Waals surface area contributed by atoms with Gasteiger partial charge in [-0.3, -0.25) is 9.59 Å². The van der Waals surface area contributed by atoms with Crippen molar-refractivity contribution in [3.63, 3.8) is 0 Å². The number of amides is 2. The summed E-state index contributed by atoms with van der Waals surface area (Å²) in [5.41, 5.74) is 4.42. The molecule has 0 saturated carbocycles.